The van der Waals surface area contributed by atoms with Gasteiger partial charge < -0.3 is 14.8 Å². The molecular formula is C18H17F2NO4. The molecule has 5 nitrogen and oxygen atoms in total. The first-order chi connectivity index (χ1) is 11.8. The summed E-state index contributed by atoms with van der Waals surface area (Å²) >= 11 is 0. The van der Waals surface area contributed by atoms with E-state index < -0.39 is 23.6 Å². The van der Waals surface area contributed by atoms with Gasteiger partial charge in [-0.15, -0.1) is 0 Å². The number of anilines is 1. The lowest BCUT2D eigenvalue weighted by molar-refractivity contribution is -0.122. The first-order valence-electron chi connectivity index (χ1n) is 7.43. The maximum Gasteiger partial charge on any atom is 0.265 e. The van der Waals surface area contributed by atoms with Crippen molar-refractivity contribution < 1.29 is 27.8 Å². The Morgan fingerprint density at radius 2 is 1.76 bits per heavy atom. The molecule has 0 heterocycles. The number of rotatable bonds is 6. The van der Waals surface area contributed by atoms with Crippen LogP contribution < -0.4 is 14.8 Å². The number of hydrogen-bond donors (Lipinski definition) is 1. The lowest BCUT2D eigenvalue weighted by atomic mass is 10.1. The van der Waals surface area contributed by atoms with E-state index in [1.807, 2.05) is 0 Å². The van der Waals surface area contributed by atoms with Crippen molar-refractivity contribution in [2.75, 3.05) is 12.4 Å². The van der Waals surface area contributed by atoms with Crippen molar-refractivity contribution in [3.63, 3.8) is 0 Å². The maximum absolute atomic E-state index is 13.2. The lowest BCUT2D eigenvalue weighted by Gasteiger charge is -2.17. The number of amides is 1. The van der Waals surface area contributed by atoms with Gasteiger partial charge in [0.1, 0.15) is 0 Å². The van der Waals surface area contributed by atoms with Gasteiger partial charge in [0.25, 0.3) is 5.91 Å². The molecule has 1 amide bonds. The molecule has 0 aromatic heterocycles. The highest BCUT2D eigenvalue weighted by atomic mass is 19.2. The topological polar surface area (TPSA) is 64.6 Å². The average Bonchev–Trinajstić information content (AvgIpc) is 2.58. The molecule has 1 N–H and O–H groups in total. The van der Waals surface area contributed by atoms with Crippen molar-refractivity contribution in [2.24, 2.45) is 0 Å². The van der Waals surface area contributed by atoms with Crippen LogP contribution in [0.15, 0.2) is 36.4 Å². The van der Waals surface area contributed by atoms with Gasteiger partial charge in [0.2, 0.25) is 0 Å². The first kappa shape index (κ1) is 18.4. The number of Topliss-reactive ketones (excluding diaryl/α,β-unsaturated/α-hetero) is 1. The highest BCUT2D eigenvalue weighted by Gasteiger charge is 2.18. The van der Waals surface area contributed by atoms with Gasteiger partial charge in [-0.2, -0.15) is 0 Å². The second-order valence-electron chi connectivity index (χ2n) is 5.30. The van der Waals surface area contributed by atoms with Crippen LogP contribution in [0.5, 0.6) is 11.5 Å². The Morgan fingerprint density at radius 1 is 1.04 bits per heavy atom. The summed E-state index contributed by atoms with van der Waals surface area (Å²) in [6, 6.07) is 7.63. The highest BCUT2D eigenvalue weighted by molar-refractivity contribution is 5.95. The fourth-order valence-electron chi connectivity index (χ4n) is 2.05. The lowest BCUT2D eigenvalue weighted by Crippen LogP contribution is -2.30. The number of hydrogen-bond acceptors (Lipinski definition) is 4. The maximum atomic E-state index is 13.2. The Balaban J connectivity index is 2.10. The van der Waals surface area contributed by atoms with Gasteiger partial charge in [-0.25, -0.2) is 8.78 Å². The van der Waals surface area contributed by atoms with E-state index in [2.05, 4.69) is 5.32 Å². The fraction of sp³-hybridized carbons (Fsp3) is 0.222. The van der Waals surface area contributed by atoms with Crippen LogP contribution in [0.4, 0.5) is 14.5 Å². The molecule has 0 aliphatic heterocycles. The van der Waals surface area contributed by atoms with Crippen molar-refractivity contribution in [1.82, 2.24) is 0 Å². The van der Waals surface area contributed by atoms with Crippen LogP contribution in [0.3, 0.4) is 0 Å². The smallest absolute Gasteiger partial charge is 0.265 e. The highest BCUT2D eigenvalue weighted by Crippen LogP contribution is 2.29. The van der Waals surface area contributed by atoms with Crippen LogP contribution in [0.25, 0.3) is 0 Å². The van der Waals surface area contributed by atoms with E-state index in [1.54, 1.807) is 6.07 Å². The predicted octanol–water partition coefficient (Wildman–Crippen LogP) is 3.58. The molecule has 0 bridgehead atoms. The van der Waals surface area contributed by atoms with Gasteiger partial charge in [-0.3, -0.25) is 9.59 Å². The molecule has 2 aromatic rings. The van der Waals surface area contributed by atoms with Crippen molar-refractivity contribution in [1.29, 1.82) is 0 Å². The number of methoxy groups -OCH3 is 1. The van der Waals surface area contributed by atoms with Crippen molar-refractivity contribution >= 4 is 17.4 Å². The summed E-state index contributed by atoms with van der Waals surface area (Å²) in [5.74, 6) is -2.16. The number of ketones is 1. The zero-order valence-corrected chi connectivity index (χ0v) is 13.9. The van der Waals surface area contributed by atoms with Crippen molar-refractivity contribution in [3.05, 3.63) is 53.6 Å². The molecule has 0 saturated carbocycles. The van der Waals surface area contributed by atoms with Gasteiger partial charge in [-0.05, 0) is 44.2 Å². The number of nitrogens with one attached hydrogen (secondary N) is 1. The van der Waals surface area contributed by atoms with Crippen LogP contribution in [-0.2, 0) is 4.79 Å². The van der Waals surface area contributed by atoms with Crippen LogP contribution >= 0.6 is 0 Å². The number of ether oxygens (including phenoxy) is 2. The molecule has 7 heteroatoms. The molecule has 0 fully saturated rings. The standard InChI is InChI=1S/C18H17F2NO4/c1-10(22)12-4-7-16(17(8-12)24-3)25-11(2)18(23)21-13-5-6-14(19)15(20)9-13/h4-9,11H,1-3H3,(H,21,23)/t11-/m0/s1. The Morgan fingerprint density at radius 3 is 2.36 bits per heavy atom. The van der Waals surface area contributed by atoms with E-state index in [1.165, 1.54) is 39.2 Å². The average molecular weight is 349 g/mol. The van der Waals surface area contributed by atoms with Crippen LogP contribution in [0, 0.1) is 11.6 Å². The minimum Gasteiger partial charge on any atom is -0.493 e. The summed E-state index contributed by atoms with van der Waals surface area (Å²) in [5.41, 5.74) is 0.557. The predicted molar refractivity (Wildman–Crippen MR) is 88.1 cm³/mol. The second kappa shape index (κ2) is 7.74. The molecule has 0 aliphatic carbocycles. The number of carbonyl (C=O) groups excluding carboxylic acids is 2. The monoisotopic (exact) mass is 349 g/mol. The Kier molecular flexibility index (Phi) is 5.69. The van der Waals surface area contributed by atoms with Gasteiger partial charge in [0, 0.05) is 17.3 Å². The van der Waals surface area contributed by atoms with Gasteiger partial charge in [0.05, 0.1) is 7.11 Å². The quantitative estimate of drug-likeness (QED) is 0.810. The molecular weight excluding hydrogens is 332 g/mol. The largest absolute Gasteiger partial charge is 0.493 e. The number of carbonyl (C=O) groups is 2. The van der Waals surface area contributed by atoms with E-state index in [0.717, 1.165) is 12.1 Å². The van der Waals surface area contributed by atoms with E-state index in [4.69, 9.17) is 9.47 Å². The summed E-state index contributed by atoms with van der Waals surface area (Å²) in [6.45, 7) is 2.92. The van der Waals surface area contributed by atoms with E-state index in [0.29, 0.717) is 11.3 Å². The Labute approximate surface area is 143 Å². The Bertz CT molecular complexity index is 808. The number of halogens is 2. The van der Waals surface area contributed by atoms with Gasteiger partial charge in [0.15, 0.2) is 35.0 Å². The van der Waals surface area contributed by atoms with Crippen LogP contribution in [-0.4, -0.2) is 24.9 Å². The zero-order chi connectivity index (χ0) is 18.6. The molecule has 1 atom stereocenters. The fourth-order valence-corrected chi connectivity index (χ4v) is 2.05. The summed E-state index contributed by atoms with van der Waals surface area (Å²) in [5, 5.41) is 2.43. The molecule has 0 aliphatic rings. The molecule has 0 radical (unpaired) electrons. The molecule has 0 spiro atoms. The molecule has 0 saturated heterocycles. The van der Waals surface area contributed by atoms with E-state index >= 15 is 0 Å². The van der Waals surface area contributed by atoms with Crippen molar-refractivity contribution in [2.45, 2.75) is 20.0 Å². The third kappa shape index (κ3) is 4.53. The minimum atomic E-state index is -1.06. The number of benzene rings is 2. The molecule has 0 unspecified atom stereocenters. The van der Waals surface area contributed by atoms with Crippen LogP contribution in [0.1, 0.15) is 24.2 Å². The molecule has 132 valence electrons. The van der Waals surface area contributed by atoms with E-state index in [-0.39, 0.29) is 17.2 Å². The first-order valence-corrected chi connectivity index (χ1v) is 7.43. The minimum absolute atomic E-state index is 0.109. The molecule has 2 aromatic carbocycles. The molecule has 25 heavy (non-hydrogen) atoms. The third-order valence-corrected chi connectivity index (χ3v) is 3.43. The van der Waals surface area contributed by atoms with Gasteiger partial charge >= 0.3 is 0 Å². The second-order valence-corrected chi connectivity index (χ2v) is 5.30. The van der Waals surface area contributed by atoms with Gasteiger partial charge in [-0.1, -0.05) is 0 Å². The molecule has 2 rings (SSSR count). The van der Waals surface area contributed by atoms with Crippen LogP contribution in [0.2, 0.25) is 0 Å². The summed E-state index contributed by atoms with van der Waals surface area (Å²) < 4.78 is 36.8. The SMILES string of the molecule is COc1cc(C(C)=O)ccc1O[C@@H](C)C(=O)Nc1ccc(F)c(F)c1. The zero-order valence-electron chi connectivity index (χ0n) is 13.9. The van der Waals surface area contributed by atoms with Crippen molar-refractivity contribution in [3.8, 4) is 11.5 Å². The summed E-state index contributed by atoms with van der Waals surface area (Å²) in [7, 11) is 1.41. The normalized spacial score (nSPS) is 11.6. The summed E-state index contributed by atoms with van der Waals surface area (Å²) in [6.07, 6.45) is -0.940. The summed E-state index contributed by atoms with van der Waals surface area (Å²) in [4.78, 5) is 23.5. The Hall–Kier alpha value is -2.96. The third-order valence-electron chi connectivity index (χ3n) is 3.43. The van der Waals surface area contributed by atoms with E-state index in [9.17, 15) is 18.4 Å².